The second-order valence-electron chi connectivity index (χ2n) is 11.2. The molecule has 1 aliphatic rings. The maximum absolute atomic E-state index is 12.3. The Morgan fingerprint density at radius 1 is 0.804 bits per heavy atom. The van der Waals surface area contributed by atoms with Crippen molar-refractivity contribution in [2.45, 2.75) is 51.5 Å². The molecule has 0 bridgehead atoms. The number of aliphatic hydroxyl groups excluding tert-OH is 1. The Labute approximate surface area is 270 Å². The lowest BCUT2D eigenvalue weighted by atomic mass is 9.99. The van der Waals surface area contributed by atoms with Crippen molar-refractivity contribution >= 4 is 17.7 Å². The molecule has 4 aromatic rings. The van der Waals surface area contributed by atoms with Gasteiger partial charge in [-0.3, -0.25) is 9.69 Å². The van der Waals surface area contributed by atoms with E-state index in [1.165, 1.54) is 11.1 Å². The summed E-state index contributed by atoms with van der Waals surface area (Å²) in [5.41, 5.74) is 5.70. The molecule has 2 amide bonds. The highest BCUT2D eigenvalue weighted by atomic mass is 16.7. The van der Waals surface area contributed by atoms with Gasteiger partial charge in [0.15, 0.2) is 6.29 Å². The second kappa shape index (κ2) is 16.7. The average Bonchev–Trinajstić information content (AvgIpc) is 3.08. The summed E-state index contributed by atoms with van der Waals surface area (Å²) in [6.45, 7) is 3.97. The number of amides is 2. The van der Waals surface area contributed by atoms with Crippen LogP contribution < -0.4 is 10.6 Å². The minimum Gasteiger partial charge on any atom is -0.465 e. The predicted octanol–water partition coefficient (Wildman–Crippen LogP) is 6.11. The van der Waals surface area contributed by atoms with Gasteiger partial charge in [0, 0.05) is 37.3 Å². The quantitative estimate of drug-likeness (QED) is 0.154. The monoisotopic (exact) mass is 623 g/mol. The topological polar surface area (TPSA) is 109 Å². The Kier molecular flexibility index (Phi) is 11.9. The first kappa shape index (κ1) is 32.8. The Hall–Kier alpha value is -4.54. The zero-order chi connectivity index (χ0) is 32.1. The van der Waals surface area contributed by atoms with Crippen molar-refractivity contribution in [2.24, 2.45) is 0 Å². The summed E-state index contributed by atoms with van der Waals surface area (Å²) >= 11 is 0. The van der Waals surface area contributed by atoms with Crippen LogP contribution >= 0.6 is 0 Å². The van der Waals surface area contributed by atoms with E-state index >= 15 is 0 Å². The van der Waals surface area contributed by atoms with E-state index in [2.05, 4.69) is 64.1 Å². The molecule has 5 rings (SSSR count). The first-order valence-corrected chi connectivity index (χ1v) is 15.6. The first-order valence-electron chi connectivity index (χ1n) is 15.6. The smallest absolute Gasteiger partial charge is 0.325 e. The number of nitrogens with one attached hydrogen (secondary N) is 2. The van der Waals surface area contributed by atoms with E-state index in [-0.39, 0.29) is 32.0 Å². The standard InChI is InChI=1S/C37H41N3O6/c1-2-44-35(42)22-38-37(43)39-32-19-17-31(18-20-32)36-45-33(21-34(46-36)30-15-13-29(26-41)14-16-30)25-40(23-27-9-5-3-6-10-27)24-28-11-7-4-8-12-28/h3-20,33-34,36,41H,2,21-26H2,1H3,(H2,38,39,43). The van der Waals surface area contributed by atoms with Gasteiger partial charge in [-0.1, -0.05) is 97.1 Å². The van der Waals surface area contributed by atoms with Gasteiger partial charge in [-0.2, -0.15) is 0 Å². The summed E-state index contributed by atoms with van der Waals surface area (Å²) < 4.78 is 18.0. The normalized spacial score (nSPS) is 17.8. The van der Waals surface area contributed by atoms with Crippen LogP contribution in [0.25, 0.3) is 0 Å². The summed E-state index contributed by atoms with van der Waals surface area (Å²) in [5, 5.41) is 14.8. The van der Waals surface area contributed by atoms with Crippen molar-refractivity contribution in [1.29, 1.82) is 0 Å². The Bertz CT molecular complexity index is 1480. The van der Waals surface area contributed by atoms with Crippen molar-refractivity contribution in [3.05, 3.63) is 137 Å². The average molecular weight is 624 g/mol. The number of carbonyl (C=O) groups is 2. The molecule has 4 aromatic carbocycles. The van der Waals surface area contributed by atoms with Crippen molar-refractivity contribution in [3.63, 3.8) is 0 Å². The summed E-state index contributed by atoms with van der Waals surface area (Å²) in [6, 6.07) is 35.5. The van der Waals surface area contributed by atoms with Gasteiger partial charge >= 0.3 is 12.0 Å². The van der Waals surface area contributed by atoms with Gasteiger partial charge in [0.1, 0.15) is 6.54 Å². The van der Waals surface area contributed by atoms with Gasteiger partial charge < -0.3 is 30.0 Å². The second-order valence-corrected chi connectivity index (χ2v) is 11.2. The number of benzene rings is 4. The molecule has 1 aliphatic heterocycles. The molecule has 0 radical (unpaired) electrons. The number of ether oxygens (including phenoxy) is 3. The zero-order valence-electron chi connectivity index (χ0n) is 26.0. The van der Waals surface area contributed by atoms with E-state index in [9.17, 15) is 14.7 Å². The van der Waals surface area contributed by atoms with Crippen LogP contribution in [0, 0.1) is 0 Å². The fourth-order valence-corrected chi connectivity index (χ4v) is 5.45. The SMILES string of the molecule is CCOC(=O)CNC(=O)Nc1ccc(C2OC(CN(Cc3ccccc3)Cc3ccccc3)CC(c3ccc(CO)cc3)O2)cc1. The van der Waals surface area contributed by atoms with Crippen LogP contribution in [0.5, 0.6) is 0 Å². The van der Waals surface area contributed by atoms with Gasteiger partial charge in [-0.15, -0.1) is 0 Å². The molecule has 1 saturated heterocycles. The van der Waals surface area contributed by atoms with Crippen LogP contribution in [-0.4, -0.2) is 47.8 Å². The largest absolute Gasteiger partial charge is 0.465 e. The number of urea groups is 1. The zero-order valence-corrected chi connectivity index (χ0v) is 26.0. The molecule has 0 saturated carbocycles. The highest BCUT2D eigenvalue weighted by molar-refractivity contribution is 5.91. The molecule has 3 atom stereocenters. The molecule has 9 nitrogen and oxygen atoms in total. The van der Waals surface area contributed by atoms with Crippen molar-refractivity contribution in [2.75, 3.05) is 25.0 Å². The molecule has 0 aromatic heterocycles. The summed E-state index contributed by atoms with van der Waals surface area (Å²) in [6.07, 6.45) is -0.336. The molecule has 0 spiro atoms. The van der Waals surface area contributed by atoms with E-state index in [1.807, 2.05) is 48.5 Å². The lowest BCUT2D eigenvalue weighted by Crippen LogP contribution is -2.39. The van der Waals surface area contributed by atoms with Crippen molar-refractivity contribution < 1.29 is 28.9 Å². The van der Waals surface area contributed by atoms with Gasteiger partial charge in [-0.05, 0) is 41.3 Å². The van der Waals surface area contributed by atoms with Crippen LogP contribution in [-0.2, 0) is 38.7 Å². The third-order valence-electron chi connectivity index (χ3n) is 7.71. The van der Waals surface area contributed by atoms with Crippen LogP contribution in [0.15, 0.2) is 109 Å². The molecular formula is C37H41N3O6. The number of aliphatic hydroxyl groups is 1. The number of rotatable bonds is 13. The van der Waals surface area contributed by atoms with E-state index in [4.69, 9.17) is 14.2 Å². The summed E-state index contributed by atoms with van der Waals surface area (Å²) in [7, 11) is 0. The Morgan fingerprint density at radius 2 is 1.41 bits per heavy atom. The molecule has 0 aliphatic carbocycles. The maximum atomic E-state index is 12.3. The van der Waals surface area contributed by atoms with Crippen LogP contribution in [0.3, 0.4) is 0 Å². The Balaban J connectivity index is 1.32. The molecule has 240 valence electrons. The molecule has 3 N–H and O–H groups in total. The molecular weight excluding hydrogens is 582 g/mol. The molecule has 46 heavy (non-hydrogen) atoms. The summed E-state index contributed by atoms with van der Waals surface area (Å²) in [5.74, 6) is -0.499. The predicted molar refractivity (Wildman–Crippen MR) is 176 cm³/mol. The Morgan fingerprint density at radius 3 is 2.00 bits per heavy atom. The van der Waals surface area contributed by atoms with Crippen LogP contribution in [0.1, 0.15) is 53.6 Å². The van der Waals surface area contributed by atoms with Crippen molar-refractivity contribution in [1.82, 2.24) is 10.2 Å². The minimum absolute atomic E-state index is 0.0185. The van der Waals surface area contributed by atoms with Crippen LogP contribution in [0.2, 0.25) is 0 Å². The van der Waals surface area contributed by atoms with Crippen LogP contribution in [0.4, 0.5) is 10.5 Å². The fraction of sp³-hybridized carbons (Fsp3) is 0.297. The van der Waals surface area contributed by atoms with Crippen molar-refractivity contribution in [3.8, 4) is 0 Å². The lowest BCUT2D eigenvalue weighted by molar-refractivity contribution is -0.253. The maximum Gasteiger partial charge on any atom is 0.325 e. The van der Waals surface area contributed by atoms with E-state index < -0.39 is 18.3 Å². The highest BCUT2D eigenvalue weighted by Gasteiger charge is 2.33. The summed E-state index contributed by atoms with van der Waals surface area (Å²) in [4.78, 5) is 26.2. The van der Waals surface area contributed by atoms with Gasteiger partial charge in [0.25, 0.3) is 0 Å². The number of carbonyl (C=O) groups excluding carboxylic acids is 2. The van der Waals surface area contributed by atoms with Gasteiger partial charge in [-0.25, -0.2) is 4.79 Å². The fourth-order valence-electron chi connectivity index (χ4n) is 5.45. The molecule has 1 heterocycles. The third-order valence-corrected chi connectivity index (χ3v) is 7.71. The number of anilines is 1. The number of hydrogen-bond donors (Lipinski definition) is 3. The molecule has 9 heteroatoms. The van der Waals surface area contributed by atoms with E-state index in [0.717, 1.165) is 29.8 Å². The number of hydrogen-bond acceptors (Lipinski definition) is 7. The lowest BCUT2D eigenvalue weighted by Gasteiger charge is -2.38. The highest BCUT2D eigenvalue weighted by Crippen LogP contribution is 2.38. The number of esters is 1. The third kappa shape index (κ3) is 9.73. The number of nitrogens with zero attached hydrogens (tertiary/aromatic N) is 1. The minimum atomic E-state index is -0.636. The molecule has 3 unspecified atom stereocenters. The first-order chi connectivity index (χ1) is 22.5. The van der Waals surface area contributed by atoms with E-state index in [0.29, 0.717) is 18.7 Å². The van der Waals surface area contributed by atoms with Gasteiger partial charge in [0.2, 0.25) is 0 Å². The van der Waals surface area contributed by atoms with E-state index in [1.54, 1.807) is 19.1 Å². The molecule has 1 fully saturated rings. The van der Waals surface area contributed by atoms with Gasteiger partial charge in [0.05, 0.1) is 25.4 Å².